The van der Waals surface area contributed by atoms with Crippen LogP contribution in [-0.4, -0.2) is 29.9 Å². The van der Waals surface area contributed by atoms with E-state index in [2.05, 4.69) is 36.5 Å². The first-order chi connectivity index (χ1) is 8.29. The van der Waals surface area contributed by atoms with Gasteiger partial charge in [0.15, 0.2) is 5.78 Å². The molecule has 0 aromatic heterocycles. The van der Waals surface area contributed by atoms with Crippen LogP contribution in [0.15, 0.2) is 24.3 Å². The normalized spacial score (nSPS) is 20.2. The molecule has 1 saturated heterocycles. The molecule has 17 heavy (non-hydrogen) atoms. The molecule has 1 aliphatic rings. The van der Waals surface area contributed by atoms with Gasteiger partial charge in [-0.15, -0.1) is 0 Å². The first-order valence-electron chi connectivity index (χ1n) is 6.21. The zero-order valence-electron chi connectivity index (χ0n) is 10.2. The van der Waals surface area contributed by atoms with E-state index in [0.29, 0.717) is 12.2 Å². The smallest absolute Gasteiger partial charge is 0.154 e. The summed E-state index contributed by atoms with van der Waals surface area (Å²) < 4.78 is 0. The number of carbonyl (C=O) groups is 1. The molecule has 1 heterocycles. The SMILES string of the molecule is CCc1ccc(CC(=O)C2CSCCN2)cc1. The monoisotopic (exact) mass is 249 g/mol. The molecule has 0 amide bonds. The number of hydrogen-bond acceptors (Lipinski definition) is 3. The number of rotatable bonds is 4. The Morgan fingerprint density at radius 2 is 2.06 bits per heavy atom. The minimum absolute atomic E-state index is 0.0552. The van der Waals surface area contributed by atoms with Crippen LogP contribution < -0.4 is 5.32 Å². The molecule has 92 valence electrons. The Bertz CT molecular complexity index is 368. The Morgan fingerprint density at radius 1 is 1.35 bits per heavy atom. The Labute approximate surface area is 107 Å². The van der Waals surface area contributed by atoms with Gasteiger partial charge in [-0.3, -0.25) is 4.79 Å². The van der Waals surface area contributed by atoms with E-state index in [0.717, 1.165) is 30.0 Å². The van der Waals surface area contributed by atoms with Gasteiger partial charge in [0.2, 0.25) is 0 Å². The third kappa shape index (κ3) is 3.58. The van der Waals surface area contributed by atoms with Crippen LogP contribution in [0.1, 0.15) is 18.1 Å². The third-order valence-corrected chi connectivity index (χ3v) is 4.18. The van der Waals surface area contributed by atoms with Crippen molar-refractivity contribution in [2.45, 2.75) is 25.8 Å². The number of carbonyl (C=O) groups excluding carboxylic acids is 1. The van der Waals surface area contributed by atoms with Crippen molar-refractivity contribution < 1.29 is 4.79 Å². The summed E-state index contributed by atoms with van der Waals surface area (Å²) in [5.74, 6) is 2.36. The fraction of sp³-hybridized carbons (Fsp3) is 0.500. The predicted octanol–water partition coefficient (Wildman–Crippen LogP) is 2.07. The highest BCUT2D eigenvalue weighted by Crippen LogP contribution is 2.12. The molecule has 1 aromatic carbocycles. The fourth-order valence-electron chi connectivity index (χ4n) is 1.99. The molecule has 0 radical (unpaired) electrons. The van der Waals surface area contributed by atoms with Crippen molar-refractivity contribution in [3.05, 3.63) is 35.4 Å². The lowest BCUT2D eigenvalue weighted by atomic mass is 10.0. The van der Waals surface area contributed by atoms with E-state index in [-0.39, 0.29) is 6.04 Å². The van der Waals surface area contributed by atoms with E-state index in [9.17, 15) is 4.79 Å². The molecule has 1 unspecified atom stereocenters. The van der Waals surface area contributed by atoms with E-state index in [4.69, 9.17) is 0 Å². The highest BCUT2D eigenvalue weighted by Gasteiger charge is 2.20. The van der Waals surface area contributed by atoms with Gasteiger partial charge in [0.05, 0.1) is 6.04 Å². The Balaban J connectivity index is 1.92. The number of nitrogens with one attached hydrogen (secondary N) is 1. The fourth-order valence-corrected chi connectivity index (χ4v) is 2.96. The highest BCUT2D eigenvalue weighted by molar-refractivity contribution is 7.99. The summed E-state index contributed by atoms with van der Waals surface area (Å²) in [5, 5.41) is 3.29. The molecule has 1 aromatic rings. The van der Waals surface area contributed by atoms with Gasteiger partial charge in [-0.1, -0.05) is 31.2 Å². The minimum Gasteiger partial charge on any atom is -0.306 e. The predicted molar refractivity (Wildman–Crippen MR) is 73.6 cm³/mol. The van der Waals surface area contributed by atoms with E-state index in [1.165, 1.54) is 5.56 Å². The molecular formula is C14H19NOS. The average molecular weight is 249 g/mol. The number of hydrogen-bond donors (Lipinski definition) is 1. The average Bonchev–Trinajstić information content (AvgIpc) is 2.40. The van der Waals surface area contributed by atoms with Crippen molar-refractivity contribution >= 4 is 17.5 Å². The lowest BCUT2D eigenvalue weighted by Crippen LogP contribution is -2.44. The Hall–Kier alpha value is -0.800. The van der Waals surface area contributed by atoms with Crippen LogP contribution in [0.3, 0.4) is 0 Å². The molecule has 1 N–H and O–H groups in total. The van der Waals surface area contributed by atoms with Crippen molar-refractivity contribution in [2.75, 3.05) is 18.1 Å². The third-order valence-electron chi connectivity index (χ3n) is 3.12. The zero-order valence-corrected chi connectivity index (χ0v) is 11.1. The van der Waals surface area contributed by atoms with Gasteiger partial charge in [0.1, 0.15) is 0 Å². The van der Waals surface area contributed by atoms with Gasteiger partial charge < -0.3 is 5.32 Å². The first kappa shape index (κ1) is 12.7. The summed E-state index contributed by atoms with van der Waals surface area (Å²) in [6.07, 6.45) is 1.61. The summed E-state index contributed by atoms with van der Waals surface area (Å²) in [4.78, 5) is 12.0. The molecule has 1 atom stereocenters. The van der Waals surface area contributed by atoms with Crippen molar-refractivity contribution in [1.82, 2.24) is 5.32 Å². The maximum atomic E-state index is 12.0. The van der Waals surface area contributed by atoms with E-state index < -0.39 is 0 Å². The van der Waals surface area contributed by atoms with Gasteiger partial charge in [0.25, 0.3) is 0 Å². The van der Waals surface area contributed by atoms with Crippen molar-refractivity contribution in [3.63, 3.8) is 0 Å². The van der Waals surface area contributed by atoms with Crippen LogP contribution in [0.2, 0.25) is 0 Å². The number of aryl methyl sites for hydroxylation is 1. The lowest BCUT2D eigenvalue weighted by molar-refractivity contribution is -0.119. The number of thioether (sulfide) groups is 1. The Kier molecular flexibility index (Phi) is 4.63. The summed E-state index contributed by atoms with van der Waals surface area (Å²) in [5.41, 5.74) is 2.46. The van der Waals surface area contributed by atoms with Crippen molar-refractivity contribution in [1.29, 1.82) is 0 Å². The second-order valence-electron chi connectivity index (χ2n) is 4.39. The van der Waals surface area contributed by atoms with Crippen molar-refractivity contribution in [2.24, 2.45) is 0 Å². The summed E-state index contributed by atoms with van der Waals surface area (Å²) in [6.45, 7) is 3.10. The van der Waals surface area contributed by atoms with E-state index >= 15 is 0 Å². The zero-order chi connectivity index (χ0) is 12.1. The second-order valence-corrected chi connectivity index (χ2v) is 5.54. The van der Waals surface area contributed by atoms with Gasteiger partial charge in [-0.2, -0.15) is 11.8 Å². The number of Topliss-reactive ketones (excluding diaryl/α,β-unsaturated/α-hetero) is 1. The van der Waals surface area contributed by atoms with Gasteiger partial charge in [-0.05, 0) is 17.5 Å². The standard InChI is InChI=1S/C14H19NOS/c1-2-11-3-5-12(6-4-11)9-14(16)13-10-17-8-7-15-13/h3-6,13,15H,2,7-10H2,1H3. The van der Waals surface area contributed by atoms with Gasteiger partial charge >= 0.3 is 0 Å². The molecule has 0 saturated carbocycles. The molecule has 1 aliphatic heterocycles. The Morgan fingerprint density at radius 3 is 2.65 bits per heavy atom. The molecule has 0 bridgehead atoms. The van der Waals surface area contributed by atoms with Crippen LogP contribution >= 0.6 is 11.8 Å². The first-order valence-corrected chi connectivity index (χ1v) is 7.36. The van der Waals surface area contributed by atoms with Crippen LogP contribution in [0.25, 0.3) is 0 Å². The lowest BCUT2D eigenvalue weighted by Gasteiger charge is -2.21. The molecule has 2 rings (SSSR count). The molecule has 0 spiro atoms. The van der Waals surface area contributed by atoms with Gasteiger partial charge in [0, 0.05) is 24.5 Å². The molecule has 3 heteroatoms. The van der Waals surface area contributed by atoms with Crippen LogP contribution in [0, 0.1) is 0 Å². The molecular weight excluding hydrogens is 230 g/mol. The highest BCUT2D eigenvalue weighted by atomic mass is 32.2. The van der Waals surface area contributed by atoms with Gasteiger partial charge in [-0.25, -0.2) is 0 Å². The maximum absolute atomic E-state index is 12.0. The minimum atomic E-state index is 0.0552. The van der Waals surface area contributed by atoms with Crippen LogP contribution in [0.4, 0.5) is 0 Å². The quantitative estimate of drug-likeness (QED) is 0.885. The summed E-state index contributed by atoms with van der Waals surface area (Å²) in [6, 6.07) is 8.44. The largest absolute Gasteiger partial charge is 0.306 e. The molecule has 1 fully saturated rings. The summed E-state index contributed by atoms with van der Waals surface area (Å²) >= 11 is 1.86. The topological polar surface area (TPSA) is 29.1 Å². The number of benzene rings is 1. The molecule has 0 aliphatic carbocycles. The second kappa shape index (κ2) is 6.22. The number of ketones is 1. The van der Waals surface area contributed by atoms with E-state index in [1.54, 1.807) is 0 Å². The van der Waals surface area contributed by atoms with Crippen LogP contribution in [0.5, 0.6) is 0 Å². The maximum Gasteiger partial charge on any atom is 0.154 e. The van der Waals surface area contributed by atoms with Crippen molar-refractivity contribution in [3.8, 4) is 0 Å². The molecule has 2 nitrogen and oxygen atoms in total. The summed E-state index contributed by atoms with van der Waals surface area (Å²) in [7, 11) is 0. The van der Waals surface area contributed by atoms with Crippen LogP contribution in [-0.2, 0) is 17.6 Å². The van der Waals surface area contributed by atoms with E-state index in [1.807, 2.05) is 11.8 Å².